The number of carbonyl (C=O) groups is 2. The number of nitrogens with two attached hydrogens (primary N) is 1. The second kappa shape index (κ2) is 12.2. The molecule has 2 bridgehead atoms. The maximum absolute atomic E-state index is 13.7. The van der Waals surface area contributed by atoms with Gasteiger partial charge >= 0.3 is 7.12 Å². The van der Waals surface area contributed by atoms with E-state index in [1.54, 1.807) is 18.4 Å². The zero-order chi connectivity index (χ0) is 28.4. The van der Waals surface area contributed by atoms with Crippen LogP contribution in [0.15, 0.2) is 21.8 Å². The van der Waals surface area contributed by atoms with Crippen LogP contribution in [0.3, 0.4) is 0 Å². The molecular weight excluding hydrogens is 513 g/mol. The quantitative estimate of drug-likeness (QED) is 0.135. The van der Waals surface area contributed by atoms with Gasteiger partial charge in [-0.05, 0) is 84.6 Å². The lowest BCUT2D eigenvalue weighted by molar-refractivity contribution is -0.199. The predicted molar refractivity (Wildman–Crippen MR) is 156 cm³/mol. The molecule has 1 aromatic rings. The van der Waals surface area contributed by atoms with Crippen molar-refractivity contribution in [3.63, 3.8) is 0 Å². The Labute approximate surface area is 237 Å². The molecule has 9 nitrogen and oxygen atoms in total. The van der Waals surface area contributed by atoms with E-state index < -0.39 is 13.2 Å². The number of rotatable bonds is 12. The summed E-state index contributed by atoms with van der Waals surface area (Å²) in [6.07, 6.45) is 4.28. The molecule has 5 rings (SSSR count). The number of hydrogen-bond donors (Lipinski definition) is 4. The van der Waals surface area contributed by atoms with Crippen LogP contribution >= 0.6 is 11.3 Å². The molecule has 216 valence electrons. The molecule has 0 aromatic carbocycles. The summed E-state index contributed by atoms with van der Waals surface area (Å²) in [5.74, 6) is 1.08. The molecule has 1 aromatic heterocycles. The molecule has 3 aliphatic carbocycles. The Hall–Kier alpha value is -2.11. The lowest BCUT2D eigenvalue weighted by Gasteiger charge is -2.64. The van der Waals surface area contributed by atoms with Crippen LogP contribution in [0.2, 0.25) is 0 Å². The Morgan fingerprint density at radius 2 is 2.03 bits per heavy atom. The first kappa shape index (κ1) is 29.9. The molecule has 2 heterocycles. The zero-order valence-corrected chi connectivity index (χ0v) is 25.1. The highest BCUT2D eigenvalue weighted by atomic mass is 32.1. The fourth-order valence-electron chi connectivity index (χ4n) is 6.79. The zero-order valence-electron chi connectivity index (χ0n) is 24.3. The number of nitrogens with one attached hydrogen (secondary N) is 3. The molecule has 0 radical (unpaired) electrons. The summed E-state index contributed by atoms with van der Waals surface area (Å²) in [7, 11) is 1.11. The summed E-state index contributed by atoms with van der Waals surface area (Å²) in [5.41, 5.74) is 6.58. The van der Waals surface area contributed by atoms with E-state index in [1.165, 1.54) is 6.42 Å². The van der Waals surface area contributed by atoms with Gasteiger partial charge < -0.3 is 31.0 Å². The minimum Gasteiger partial charge on any atom is -0.404 e. The maximum Gasteiger partial charge on any atom is 0.481 e. The van der Waals surface area contributed by atoms with Crippen molar-refractivity contribution >= 4 is 36.2 Å². The van der Waals surface area contributed by atoms with Gasteiger partial charge in [-0.15, -0.1) is 0 Å². The average Bonchev–Trinajstić information content (AvgIpc) is 3.51. The van der Waals surface area contributed by atoms with Crippen molar-refractivity contribution in [1.82, 2.24) is 16.0 Å². The van der Waals surface area contributed by atoms with Crippen molar-refractivity contribution < 1.29 is 18.9 Å². The monoisotopic (exact) mass is 559 g/mol. The molecular formula is C28H46BN5O4S. The van der Waals surface area contributed by atoms with Crippen LogP contribution in [0.1, 0.15) is 72.3 Å². The predicted octanol–water partition coefficient (Wildman–Crippen LogP) is 2.89. The lowest BCUT2D eigenvalue weighted by Crippen LogP contribution is -2.65. The summed E-state index contributed by atoms with van der Waals surface area (Å²) >= 11 is 1.55. The highest BCUT2D eigenvalue weighted by Crippen LogP contribution is 2.65. The van der Waals surface area contributed by atoms with E-state index in [2.05, 4.69) is 55.6 Å². The van der Waals surface area contributed by atoms with Gasteiger partial charge in [0.05, 0.1) is 24.1 Å². The minimum absolute atomic E-state index is 0.0451. The summed E-state index contributed by atoms with van der Waals surface area (Å²) < 4.78 is 13.2. The highest BCUT2D eigenvalue weighted by Gasteiger charge is 2.68. The van der Waals surface area contributed by atoms with Gasteiger partial charge in [-0.2, -0.15) is 11.3 Å². The normalized spacial score (nSPS) is 28.8. The number of amides is 2. The highest BCUT2D eigenvalue weighted by molar-refractivity contribution is 7.08. The van der Waals surface area contributed by atoms with Gasteiger partial charge in [0, 0.05) is 13.6 Å². The van der Waals surface area contributed by atoms with Crippen molar-refractivity contribution in [2.24, 2.45) is 33.9 Å². The van der Waals surface area contributed by atoms with Crippen molar-refractivity contribution in [3.05, 3.63) is 22.4 Å². The number of aliphatic imine (C=N–C) groups is 1. The van der Waals surface area contributed by atoms with Crippen LogP contribution in [0.25, 0.3) is 0 Å². The molecule has 39 heavy (non-hydrogen) atoms. The molecule has 5 N–H and O–H groups in total. The van der Waals surface area contributed by atoms with E-state index in [9.17, 15) is 9.59 Å². The SMILES string of the molecule is CN=C(N)NCCC[C@H](NC(=O)Cc1ccsc1)C(=O)N[C@@H](CC(C)C)B1O[C@@H]2C[C@@H]3C[C@@H](C3(C)C)[C@]2(C)O1. The summed E-state index contributed by atoms with van der Waals surface area (Å²) in [6.45, 7) is 11.7. The molecule has 6 atom stereocenters. The number of hydrogen-bond acceptors (Lipinski definition) is 6. The Bertz CT molecular complexity index is 1040. The molecule has 1 saturated heterocycles. The van der Waals surface area contributed by atoms with Gasteiger partial charge in [0.2, 0.25) is 11.8 Å². The van der Waals surface area contributed by atoms with Crippen molar-refractivity contribution in [1.29, 1.82) is 0 Å². The average molecular weight is 560 g/mol. The van der Waals surface area contributed by atoms with E-state index in [0.29, 0.717) is 43.1 Å². The number of nitrogens with zero attached hydrogens (tertiary/aromatic N) is 1. The van der Waals surface area contributed by atoms with Crippen molar-refractivity contribution in [3.8, 4) is 0 Å². The largest absolute Gasteiger partial charge is 0.481 e. The number of thiophene rings is 1. The first-order valence-electron chi connectivity index (χ1n) is 14.3. The minimum atomic E-state index is -0.682. The lowest BCUT2D eigenvalue weighted by atomic mass is 9.43. The van der Waals surface area contributed by atoms with E-state index in [-0.39, 0.29) is 41.3 Å². The second-order valence-corrected chi connectivity index (χ2v) is 13.5. The van der Waals surface area contributed by atoms with Crippen LogP contribution in [0.5, 0.6) is 0 Å². The van der Waals surface area contributed by atoms with Gasteiger partial charge in [0.25, 0.3) is 0 Å². The first-order valence-corrected chi connectivity index (χ1v) is 15.3. The third-order valence-electron chi connectivity index (χ3n) is 9.16. The Morgan fingerprint density at radius 3 is 2.67 bits per heavy atom. The summed E-state index contributed by atoms with van der Waals surface area (Å²) in [6, 6.07) is 1.24. The molecule has 0 spiro atoms. The van der Waals surface area contributed by atoms with Gasteiger partial charge in [-0.25, -0.2) is 0 Å². The van der Waals surface area contributed by atoms with Crippen molar-refractivity contribution in [2.75, 3.05) is 13.6 Å². The third-order valence-corrected chi connectivity index (χ3v) is 9.90. The van der Waals surface area contributed by atoms with Gasteiger partial charge in [-0.1, -0.05) is 27.7 Å². The molecule has 4 fully saturated rings. The van der Waals surface area contributed by atoms with Crippen LogP contribution < -0.4 is 21.7 Å². The van der Waals surface area contributed by atoms with E-state index in [4.69, 9.17) is 15.0 Å². The summed E-state index contributed by atoms with van der Waals surface area (Å²) in [5, 5.41) is 13.1. The van der Waals surface area contributed by atoms with Gasteiger partial charge in [0.15, 0.2) is 5.96 Å². The number of guanidine groups is 1. The summed E-state index contributed by atoms with van der Waals surface area (Å²) in [4.78, 5) is 30.4. The Balaban J connectivity index is 1.43. The topological polar surface area (TPSA) is 127 Å². The van der Waals surface area contributed by atoms with Crippen LogP contribution in [0, 0.1) is 23.2 Å². The van der Waals surface area contributed by atoms with Gasteiger partial charge in [0.1, 0.15) is 6.04 Å². The molecule has 3 saturated carbocycles. The first-order chi connectivity index (χ1) is 18.4. The Kier molecular flexibility index (Phi) is 9.33. The third kappa shape index (κ3) is 6.63. The van der Waals surface area contributed by atoms with E-state index in [1.807, 2.05) is 16.8 Å². The van der Waals surface area contributed by atoms with E-state index in [0.717, 1.165) is 18.4 Å². The molecule has 11 heteroatoms. The van der Waals surface area contributed by atoms with Crippen LogP contribution in [0.4, 0.5) is 0 Å². The maximum atomic E-state index is 13.7. The van der Waals surface area contributed by atoms with Crippen LogP contribution in [-0.2, 0) is 25.3 Å². The molecule has 4 aliphatic rings. The Morgan fingerprint density at radius 1 is 1.26 bits per heavy atom. The molecule has 0 unspecified atom stereocenters. The molecule has 1 aliphatic heterocycles. The number of carbonyl (C=O) groups excluding carboxylic acids is 2. The van der Waals surface area contributed by atoms with Gasteiger partial charge in [-0.3, -0.25) is 14.6 Å². The second-order valence-electron chi connectivity index (χ2n) is 12.7. The van der Waals surface area contributed by atoms with Crippen LogP contribution in [-0.4, -0.2) is 62.2 Å². The standard InChI is InChI=1S/C28H46BN5O4S/c1-17(2)12-23(29-37-22-15-19-14-21(27(19,3)4)28(22,5)38-29)34-25(36)20(8-7-10-32-26(30)31-6)33-24(35)13-18-9-11-39-16-18/h9,11,16-17,19-23H,7-8,10,12-15H2,1-6H3,(H,33,35)(H,34,36)(H3,30,31,32)/t19-,20-,21-,22+,23-,28-/m0/s1. The van der Waals surface area contributed by atoms with E-state index >= 15 is 0 Å². The van der Waals surface area contributed by atoms with Crippen molar-refractivity contribution in [2.45, 2.75) is 96.8 Å². The fourth-order valence-corrected chi connectivity index (χ4v) is 7.46. The smallest absolute Gasteiger partial charge is 0.404 e. The molecule has 2 amide bonds. The fraction of sp³-hybridized carbons (Fsp3) is 0.750.